The number of nitrogens with zero attached hydrogens (tertiary/aromatic N) is 1. The maximum Gasteiger partial charge on any atom is 0.0334 e. The van der Waals surface area contributed by atoms with Gasteiger partial charge in [-0.2, -0.15) is 11.8 Å². The second-order valence-electron chi connectivity index (χ2n) is 6.22. The number of hydrogen-bond donors (Lipinski definition) is 1. The van der Waals surface area contributed by atoms with E-state index in [1.807, 2.05) is 11.8 Å². The first kappa shape index (κ1) is 14.7. The van der Waals surface area contributed by atoms with Gasteiger partial charge in [0.05, 0.1) is 0 Å². The first-order chi connectivity index (χ1) is 8.77. The molecule has 0 bridgehead atoms. The zero-order valence-corrected chi connectivity index (χ0v) is 13.0. The zero-order valence-electron chi connectivity index (χ0n) is 12.2. The molecule has 0 aromatic carbocycles. The van der Waals surface area contributed by atoms with Crippen LogP contribution in [0.4, 0.5) is 0 Å². The van der Waals surface area contributed by atoms with Gasteiger partial charge in [-0.1, -0.05) is 19.3 Å². The lowest BCUT2D eigenvalue weighted by Crippen LogP contribution is -2.56. The lowest BCUT2D eigenvalue weighted by Gasteiger charge is -2.44. The van der Waals surface area contributed by atoms with Gasteiger partial charge in [0.15, 0.2) is 0 Å². The highest BCUT2D eigenvalue weighted by Crippen LogP contribution is 2.36. The standard InChI is InChI=1S/C15H30N2S/c1-14(12-18-2)16-13-15(8-4-5-9-15)17-10-6-3-7-11-17/h14,16H,3-13H2,1-2H3. The number of nitrogens with one attached hydrogen (secondary N) is 1. The van der Waals surface area contributed by atoms with Gasteiger partial charge in [-0.25, -0.2) is 0 Å². The summed E-state index contributed by atoms with van der Waals surface area (Å²) >= 11 is 1.95. The van der Waals surface area contributed by atoms with Gasteiger partial charge < -0.3 is 5.32 Å². The van der Waals surface area contributed by atoms with Crippen LogP contribution in [0.25, 0.3) is 0 Å². The van der Waals surface area contributed by atoms with Crippen molar-refractivity contribution in [1.82, 2.24) is 10.2 Å². The summed E-state index contributed by atoms with van der Waals surface area (Å²) < 4.78 is 0. The second-order valence-corrected chi connectivity index (χ2v) is 7.13. The van der Waals surface area contributed by atoms with Crippen LogP contribution in [0.5, 0.6) is 0 Å². The summed E-state index contributed by atoms with van der Waals surface area (Å²) in [4.78, 5) is 2.82. The molecule has 0 radical (unpaired) electrons. The van der Waals surface area contributed by atoms with E-state index in [9.17, 15) is 0 Å². The Bertz CT molecular complexity index is 233. The average molecular weight is 270 g/mol. The molecule has 1 atom stereocenters. The molecule has 3 heteroatoms. The van der Waals surface area contributed by atoms with Crippen LogP contribution in [-0.2, 0) is 0 Å². The summed E-state index contributed by atoms with van der Waals surface area (Å²) in [6.45, 7) is 6.24. The smallest absolute Gasteiger partial charge is 0.0334 e. The molecule has 2 fully saturated rings. The van der Waals surface area contributed by atoms with Crippen molar-refractivity contribution >= 4 is 11.8 Å². The van der Waals surface area contributed by atoms with Gasteiger partial charge in [-0.15, -0.1) is 0 Å². The molecule has 1 heterocycles. The molecule has 1 saturated heterocycles. The van der Waals surface area contributed by atoms with Gasteiger partial charge in [0.2, 0.25) is 0 Å². The highest BCUT2D eigenvalue weighted by molar-refractivity contribution is 7.98. The molecule has 106 valence electrons. The van der Waals surface area contributed by atoms with Crippen molar-refractivity contribution in [3.05, 3.63) is 0 Å². The summed E-state index contributed by atoms with van der Waals surface area (Å²) in [7, 11) is 0. The van der Waals surface area contributed by atoms with Gasteiger partial charge in [-0.05, 0) is 52.0 Å². The Kier molecular flexibility index (Phi) is 5.84. The molecule has 2 aliphatic rings. The van der Waals surface area contributed by atoms with Crippen molar-refractivity contribution in [1.29, 1.82) is 0 Å². The van der Waals surface area contributed by atoms with E-state index in [-0.39, 0.29) is 0 Å². The van der Waals surface area contributed by atoms with Gasteiger partial charge in [0.1, 0.15) is 0 Å². The predicted octanol–water partition coefficient (Wildman–Crippen LogP) is 3.13. The Morgan fingerprint density at radius 3 is 2.39 bits per heavy atom. The molecule has 2 nitrogen and oxygen atoms in total. The third-order valence-corrected chi connectivity index (χ3v) is 5.59. The van der Waals surface area contributed by atoms with Crippen LogP contribution >= 0.6 is 11.8 Å². The average Bonchev–Trinajstić information content (AvgIpc) is 2.88. The zero-order chi connectivity index (χ0) is 12.8. The Balaban J connectivity index is 1.89. The van der Waals surface area contributed by atoms with Crippen LogP contribution in [0.2, 0.25) is 0 Å². The predicted molar refractivity (Wildman–Crippen MR) is 82.5 cm³/mol. The largest absolute Gasteiger partial charge is 0.312 e. The third-order valence-electron chi connectivity index (χ3n) is 4.76. The van der Waals surface area contributed by atoms with Crippen molar-refractivity contribution in [3.63, 3.8) is 0 Å². The molecule has 1 aliphatic heterocycles. The maximum absolute atomic E-state index is 3.80. The number of piperidine rings is 1. The van der Waals surface area contributed by atoms with Crippen LogP contribution in [0.15, 0.2) is 0 Å². The maximum atomic E-state index is 3.80. The number of hydrogen-bond acceptors (Lipinski definition) is 3. The fourth-order valence-electron chi connectivity index (χ4n) is 3.68. The molecule has 2 rings (SSSR count). The van der Waals surface area contributed by atoms with Crippen molar-refractivity contribution in [2.45, 2.75) is 63.5 Å². The second kappa shape index (κ2) is 7.16. The first-order valence-corrected chi connectivity index (χ1v) is 9.14. The van der Waals surface area contributed by atoms with E-state index in [0.717, 1.165) is 0 Å². The van der Waals surface area contributed by atoms with Crippen molar-refractivity contribution in [2.75, 3.05) is 31.6 Å². The molecule has 0 aromatic heterocycles. The summed E-state index contributed by atoms with van der Waals surface area (Å²) in [5, 5.41) is 3.80. The normalized spacial score (nSPS) is 26.3. The molecule has 1 aliphatic carbocycles. The minimum atomic E-state index is 0.507. The van der Waals surface area contributed by atoms with Gasteiger partial charge in [-0.3, -0.25) is 4.90 Å². The molecular formula is C15H30N2S. The van der Waals surface area contributed by atoms with Crippen LogP contribution in [-0.4, -0.2) is 48.1 Å². The minimum absolute atomic E-state index is 0.507. The lowest BCUT2D eigenvalue weighted by molar-refractivity contribution is 0.0684. The van der Waals surface area contributed by atoms with Gasteiger partial charge in [0.25, 0.3) is 0 Å². The van der Waals surface area contributed by atoms with Crippen molar-refractivity contribution in [3.8, 4) is 0 Å². The van der Waals surface area contributed by atoms with E-state index >= 15 is 0 Å². The molecule has 18 heavy (non-hydrogen) atoms. The summed E-state index contributed by atoms with van der Waals surface area (Å²) in [6, 6.07) is 0.655. The monoisotopic (exact) mass is 270 g/mol. The molecule has 0 spiro atoms. The van der Waals surface area contributed by atoms with E-state index in [4.69, 9.17) is 0 Å². The summed E-state index contributed by atoms with van der Waals surface area (Å²) in [5.74, 6) is 1.23. The fraction of sp³-hybridized carbons (Fsp3) is 1.00. The number of rotatable bonds is 6. The van der Waals surface area contributed by atoms with Crippen molar-refractivity contribution < 1.29 is 0 Å². The Morgan fingerprint density at radius 2 is 1.78 bits per heavy atom. The topological polar surface area (TPSA) is 15.3 Å². The fourth-order valence-corrected chi connectivity index (χ4v) is 4.30. The Morgan fingerprint density at radius 1 is 1.11 bits per heavy atom. The van der Waals surface area contributed by atoms with E-state index in [0.29, 0.717) is 11.6 Å². The number of likely N-dealkylation sites (tertiary alicyclic amines) is 1. The van der Waals surface area contributed by atoms with Gasteiger partial charge in [0, 0.05) is 23.9 Å². The third kappa shape index (κ3) is 3.64. The van der Waals surface area contributed by atoms with Crippen molar-refractivity contribution in [2.24, 2.45) is 0 Å². The SMILES string of the molecule is CSCC(C)NCC1(N2CCCCC2)CCCC1. The Hall–Kier alpha value is 0.270. The molecule has 1 N–H and O–H groups in total. The molecule has 0 amide bonds. The van der Waals surface area contributed by atoms with E-state index in [1.165, 1.54) is 70.3 Å². The van der Waals surface area contributed by atoms with E-state index in [1.54, 1.807) is 0 Å². The Labute approximate surface area is 117 Å². The van der Waals surface area contributed by atoms with Gasteiger partial charge >= 0.3 is 0 Å². The van der Waals surface area contributed by atoms with Crippen LogP contribution in [0.3, 0.4) is 0 Å². The lowest BCUT2D eigenvalue weighted by atomic mass is 9.92. The summed E-state index contributed by atoms with van der Waals surface area (Å²) in [5.41, 5.74) is 0.507. The quantitative estimate of drug-likeness (QED) is 0.798. The minimum Gasteiger partial charge on any atom is -0.312 e. The number of thioether (sulfide) groups is 1. The molecule has 1 unspecified atom stereocenters. The van der Waals surface area contributed by atoms with Crippen LogP contribution < -0.4 is 5.32 Å². The molecular weight excluding hydrogens is 240 g/mol. The highest BCUT2D eigenvalue weighted by Gasteiger charge is 2.39. The first-order valence-electron chi connectivity index (χ1n) is 7.74. The summed E-state index contributed by atoms with van der Waals surface area (Å²) in [6.07, 6.45) is 12.2. The molecule has 0 aromatic rings. The molecule has 1 saturated carbocycles. The highest BCUT2D eigenvalue weighted by atomic mass is 32.2. The van der Waals surface area contributed by atoms with E-state index < -0.39 is 0 Å². The van der Waals surface area contributed by atoms with E-state index in [2.05, 4.69) is 23.4 Å². The van der Waals surface area contributed by atoms with Crippen LogP contribution in [0.1, 0.15) is 51.9 Å². The van der Waals surface area contributed by atoms with Crippen LogP contribution in [0, 0.1) is 0 Å².